The van der Waals surface area contributed by atoms with E-state index in [0.717, 1.165) is 11.3 Å². The third-order valence-electron chi connectivity index (χ3n) is 4.59. The van der Waals surface area contributed by atoms with Gasteiger partial charge in [0.2, 0.25) is 0 Å². The van der Waals surface area contributed by atoms with Crippen LogP contribution in [-0.2, 0) is 0 Å². The molecule has 0 aliphatic rings. The fourth-order valence-corrected chi connectivity index (χ4v) is 3.93. The number of hydrogen-bond donors (Lipinski definition) is 1. The molecule has 0 atom stereocenters. The number of nitrogens with zero attached hydrogens (tertiary/aromatic N) is 2. The highest BCUT2D eigenvalue weighted by Crippen LogP contribution is 2.24. The third kappa shape index (κ3) is 3.13. The number of thiophene rings is 1. The van der Waals surface area contributed by atoms with Gasteiger partial charge >= 0.3 is 0 Å². The molecule has 0 aliphatic heterocycles. The summed E-state index contributed by atoms with van der Waals surface area (Å²) in [6, 6.07) is 13.2. The highest BCUT2D eigenvalue weighted by atomic mass is 32.1. The molecule has 0 spiro atoms. The lowest BCUT2D eigenvalue weighted by atomic mass is 10.0. The molecule has 6 heteroatoms. The number of aromatic nitrogens is 2. The van der Waals surface area contributed by atoms with Gasteiger partial charge in [-0.25, -0.2) is 4.98 Å². The molecule has 1 aromatic carbocycles. The summed E-state index contributed by atoms with van der Waals surface area (Å²) >= 11 is 1.23. The van der Waals surface area contributed by atoms with Crippen molar-refractivity contribution in [2.75, 3.05) is 5.32 Å². The molecule has 5 nitrogen and oxygen atoms in total. The lowest BCUT2D eigenvalue weighted by Crippen LogP contribution is -2.14. The van der Waals surface area contributed by atoms with Crippen molar-refractivity contribution in [1.29, 1.82) is 0 Å². The standard InChI is InChI=1S/C21H19N3O2S/c1-12(2)14-6-8-15(9-7-14)22-19(25)17-11-16-20(27-17)23-18-13(3)5-4-10-24(18)21(16)26/h4-12H,1-3H3,(H,22,25). The van der Waals surface area contributed by atoms with Gasteiger partial charge in [-0.3, -0.25) is 14.0 Å². The summed E-state index contributed by atoms with van der Waals surface area (Å²) in [5.41, 5.74) is 3.33. The van der Waals surface area contributed by atoms with Crippen LogP contribution in [0.15, 0.2) is 53.5 Å². The number of carbonyl (C=O) groups is 1. The average molecular weight is 377 g/mol. The van der Waals surface area contributed by atoms with E-state index in [1.165, 1.54) is 21.3 Å². The zero-order valence-corrected chi connectivity index (χ0v) is 16.1. The number of rotatable bonds is 3. The minimum Gasteiger partial charge on any atom is -0.321 e. The number of pyridine rings is 1. The van der Waals surface area contributed by atoms with Crippen LogP contribution in [0.4, 0.5) is 5.69 Å². The Bertz CT molecular complexity index is 1220. The van der Waals surface area contributed by atoms with Gasteiger partial charge in [0, 0.05) is 11.9 Å². The summed E-state index contributed by atoms with van der Waals surface area (Å²) in [6.45, 7) is 6.17. The van der Waals surface area contributed by atoms with Crippen LogP contribution in [0.1, 0.15) is 40.6 Å². The number of fused-ring (bicyclic) bond motifs is 2. The van der Waals surface area contributed by atoms with Crippen LogP contribution < -0.4 is 10.9 Å². The lowest BCUT2D eigenvalue weighted by Gasteiger charge is -2.07. The van der Waals surface area contributed by atoms with Gasteiger partial charge in [0.15, 0.2) is 0 Å². The predicted octanol–water partition coefficient (Wildman–Crippen LogP) is 4.59. The molecule has 0 saturated heterocycles. The molecule has 0 radical (unpaired) electrons. The van der Waals surface area contributed by atoms with Crippen molar-refractivity contribution in [3.8, 4) is 0 Å². The molecule has 4 rings (SSSR count). The quantitative estimate of drug-likeness (QED) is 0.568. The fraction of sp³-hybridized carbons (Fsp3) is 0.190. The lowest BCUT2D eigenvalue weighted by molar-refractivity contribution is 0.103. The Morgan fingerprint density at radius 2 is 1.93 bits per heavy atom. The molecule has 3 aromatic heterocycles. The van der Waals surface area contributed by atoms with E-state index >= 15 is 0 Å². The number of hydrogen-bond acceptors (Lipinski definition) is 4. The first-order valence-electron chi connectivity index (χ1n) is 8.77. The minimum absolute atomic E-state index is 0.157. The van der Waals surface area contributed by atoms with Gasteiger partial charge in [0.25, 0.3) is 11.5 Å². The van der Waals surface area contributed by atoms with Crippen LogP contribution in [0.3, 0.4) is 0 Å². The van der Waals surface area contributed by atoms with Crippen molar-refractivity contribution >= 4 is 38.8 Å². The van der Waals surface area contributed by atoms with Crippen molar-refractivity contribution < 1.29 is 4.79 Å². The highest BCUT2D eigenvalue weighted by Gasteiger charge is 2.15. The molecule has 27 heavy (non-hydrogen) atoms. The molecule has 0 aliphatic carbocycles. The van der Waals surface area contributed by atoms with Crippen molar-refractivity contribution in [3.05, 3.63) is 75.0 Å². The third-order valence-corrected chi connectivity index (χ3v) is 5.62. The van der Waals surface area contributed by atoms with E-state index in [2.05, 4.69) is 24.1 Å². The number of aryl methyl sites for hydroxylation is 1. The van der Waals surface area contributed by atoms with E-state index in [1.807, 2.05) is 43.3 Å². The number of nitrogens with one attached hydrogen (secondary N) is 1. The predicted molar refractivity (Wildman–Crippen MR) is 110 cm³/mol. The van der Waals surface area contributed by atoms with E-state index in [1.54, 1.807) is 12.3 Å². The van der Waals surface area contributed by atoms with Crippen LogP contribution in [0.2, 0.25) is 0 Å². The fourth-order valence-electron chi connectivity index (χ4n) is 3.01. The topological polar surface area (TPSA) is 63.5 Å². The molecular weight excluding hydrogens is 358 g/mol. The van der Waals surface area contributed by atoms with E-state index in [0.29, 0.717) is 26.7 Å². The first kappa shape index (κ1) is 17.4. The molecule has 3 heterocycles. The Hall–Kier alpha value is -2.99. The number of amides is 1. The van der Waals surface area contributed by atoms with Gasteiger partial charge in [0.1, 0.15) is 10.5 Å². The second-order valence-corrected chi connectivity index (χ2v) is 7.89. The van der Waals surface area contributed by atoms with Crippen molar-refractivity contribution in [2.24, 2.45) is 0 Å². The highest BCUT2D eigenvalue weighted by molar-refractivity contribution is 7.20. The Balaban J connectivity index is 1.70. The first-order valence-corrected chi connectivity index (χ1v) is 9.58. The van der Waals surface area contributed by atoms with Crippen LogP contribution in [0.5, 0.6) is 0 Å². The van der Waals surface area contributed by atoms with E-state index in [9.17, 15) is 9.59 Å². The Kier molecular flexibility index (Phi) is 4.28. The van der Waals surface area contributed by atoms with Crippen LogP contribution in [-0.4, -0.2) is 15.3 Å². The largest absolute Gasteiger partial charge is 0.321 e. The van der Waals surface area contributed by atoms with Crippen LogP contribution in [0.25, 0.3) is 15.9 Å². The normalized spacial score (nSPS) is 11.4. The van der Waals surface area contributed by atoms with Crippen LogP contribution in [0, 0.1) is 6.92 Å². The summed E-state index contributed by atoms with van der Waals surface area (Å²) in [4.78, 5) is 31.0. The molecule has 0 fully saturated rings. The SMILES string of the molecule is Cc1cccn2c(=O)c3cc(C(=O)Nc4ccc(C(C)C)cc4)sc3nc12. The monoisotopic (exact) mass is 377 g/mol. The molecule has 0 saturated carbocycles. The van der Waals surface area contributed by atoms with Gasteiger partial charge in [-0.05, 0) is 48.2 Å². The van der Waals surface area contributed by atoms with E-state index in [4.69, 9.17) is 0 Å². The molecule has 0 unspecified atom stereocenters. The van der Waals surface area contributed by atoms with Crippen LogP contribution >= 0.6 is 11.3 Å². The zero-order valence-electron chi connectivity index (χ0n) is 15.3. The summed E-state index contributed by atoms with van der Waals surface area (Å²) in [5.74, 6) is 0.203. The van der Waals surface area contributed by atoms with E-state index < -0.39 is 0 Å². The van der Waals surface area contributed by atoms with Gasteiger partial charge in [-0.1, -0.05) is 32.0 Å². The number of carbonyl (C=O) groups excluding carboxylic acids is 1. The van der Waals surface area contributed by atoms with Gasteiger partial charge < -0.3 is 5.32 Å². The van der Waals surface area contributed by atoms with Gasteiger partial charge in [0.05, 0.1) is 10.3 Å². The molecular formula is C21H19N3O2S. The molecule has 136 valence electrons. The Morgan fingerprint density at radius 3 is 2.63 bits per heavy atom. The first-order chi connectivity index (χ1) is 12.9. The number of benzene rings is 1. The summed E-state index contributed by atoms with van der Waals surface area (Å²) in [6.07, 6.45) is 1.70. The minimum atomic E-state index is -0.236. The van der Waals surface area contributed by atoms with Crippen molar-refractivity contribution in [2.45, 2.75) is 26.7 Å². The van der Waals surface area contributed by atoms with E-state index in [-0.39, 0.29) is 11.5 Å². The number of anilines is 1. The molecule has 1 amide bonds. The summed E-state index contributed by atoms with van der Waals surface area (Å²) < 4.78 is 1.52. The molecule has 1 N–H and O–H groups in total. The maximum Gasteiger partial charge on any atom is 0.266 e. The summed E-state index contributed by atoms with van der Waals surface area (Å²) in [5, 5.41) is 3.35. The second-order valence-electron chi connectivity index (χ2n) is 6.86. The zero-order chi connectivity index (χ0) is 19.1. The second kappa shape index (κ2) is 6.63. The van der Waals surface area contributed by atoms with Gasteiger partial charge in [-0.15, -0.1) is 11.3 Å². The Labute approximate surface area is 160 Å². The van der Waals surface area contributed by atoms with Crippen molar-refractivity contribution in [3.63, 3.8) is 0 Å². The van der Waals surface area contributed by atoms with Gasteiger partial charge in [-0.2, -0.15) is 0 Å². The average Bonchev–Trinajstić information content (AvgIpc) is 3.08. The Morgan fingerprint density at radius 1 is 1.19 bits per heavy atom. The maximum absolute atomic E-state index is 12.7. The van der Waals surface area contributed by atoms with Crippen molar-refractivity contribution in [1.82, 2.24) is 9.38 Å². The molecule has 0 bridgehead atoms. The molecule has 4 aromatic rings. The smallest absolute Gasteiger partial charge is 0.266 e. The summed E-state index contributed by atoms with van der Waals surface area (Å²) in [7, 11) is 0. The maximum atomic E-state index is 12.7.